The van der Waals surface area contributed by atoms with E-state index >= 15 is 0 Å². The number of benzene rings is 1. The number of anilines is 3. The van der Waals surface area contributed by atoms with Gasteiger partial charge in [-0.15, -0.1) is 11.3 Å². The summed E-state index contributed by atoms with van der Waals surface area (Å²) in [6.45, 7) is 7.59. The molecule has 0 bridgehead atoms. The fourth-order valence-corrected chi connectivity index (χ4v) is 3.63. The lowest BCUT2D eigenvalue weighted by molar-refractivity contribution is 0.587. The Morgan fingerprint density at radius 1 is 1.23 bits per heavy atom. The molecule has 1 atom stereocenters. The first-order valence-corrected chi connectivity index (χ1v) is 8.95. The van der Waals surface area contributed by atoms with Crippen molar-refractivity contribution >= 4 is 27.8 Å². The highest BCUT2D eigenvalue weighted by Gasteiger charge is 2.12. The van der Waals surface area contributed by atoms with Crippen molar-refractivity contribution in [3.05, 3.63) is 35.3 Å². The highest BCUT2D eigenvalue weighted by Crippen LogP contribution is 2.26. The minimum absolute atomic E-state index is 0.300. The third kappa shape index (κ3) is 3.59. The van der Waals surface area contributed by atoms with E-state index in [0.717, 1.165) is 23.1 Å². The van der Waals surface area contributed by atoms with Crippen LogP contribution in [0.1, 0.15) is 38.4 Å². The van der Waals surface area contributed by atoms with Gasteiger partial charge in [0.2, 0.25) is 0 Å². The maximum absolute atomic E-state index is 4.66. The predicted octanol–water partition coefficient (Wildman–Crippen LogP) is 4.16. The van der Waals surface area contributed by atoms with Crippen molar-refractivity contribution in [2.45, 2.75) is 32.7 Å². The van der Waals surface area contributed by atoms with Gasteiger partial charge < -0.3 is 15.5 Å². The summed E-state index contributed by atoms with van der Waals surface area (Å²) in [5.74, 6) is 0. The molecule has 2 heterocycles. The highest BCUT2D eigenvalue weighted by molar-refractivity contribution is 7.13. The zero-order valence-corrected chi connectivity index (χ0v) is 14.1. The molecule has 0 aliphatic carbocycles. The molecule has 118 valence electrons. The Morgan fingerprint density at radius 2 is 1.95 bits per heavy atom. The largest absolute Gasteiger partial charge is 0.372 e. The average Bonchev–Trinajstić information content (AvgIpc) is 3.19. The van der Waals surface area contributed by atoms with E-state index in [1.165, 1.54) is 31.6 Å². The summed E-state index contributed by atoms with van der Waals surface area (Å²) in [5.41, 5.74) is 3.52. The van der Waals surface area contributed by atoms with Gasteiger partial charge >= 0.3 is 0 Å². The summed E-state index contributed by atoms with van der Waals surface area (Å²) >= 11 is 1.66. The van der Waals surface area contributed by atoms with Crippen LogP contribution in [0.2, 0.25) is 0 Å². The molecule has 1 saturated heterocycles. The fourth-order valence-electron chi connectivity index (χ4n) is 2.81. The van der Waals surface area contributed by atoms with Gasteiger partial charge in [0, 0.05) is 35.9 Å². The summed E-state index contributed by atoms with van der Waals surface area (Å²) in [7, 11) is 0. The molecule has 0 radical (unpaired) electrons. The minimum atomic E-state index is 0.300. The molecule has 1 aromatic carbocycles. The molecule has 2 aromatic rings. The predicted molar refractivity (Wildman–Crippen MR) is 95.4 cm³/mol. The quantitative estimate of drug-likeness (QED) is 0.839. The first-order chi connectivity index (χ1) is 10.8. The van der Waals surface area contributed by atoms with Crippen LogP contribution in [0, 0.1) is 0 Å². The molecule has 1 aliphatic rings. The molecule has 1 unspecified atom stereocenters. The van der Waals surface area contributed by atoms with Crippen LogP contribution in [0.15, 0.2) is 29.6 Å². The van der Waals surface area contributed by atoms with E-state index in [9.17, 15) is 0 Å². The zero-order chi connectivity index (χ0) is 15.4. The fraction of sp³-hybridized carbons (Fsp3) is 0.471. The molecule has 1 aliphatic heterocycles. The van der Waals surface area contributed by atoms with Crippen LogP contribution in [0.25, 0.3) is 0 Å². The molecule has 0 spiro atoms. The molecule has 3 rings (SSSR count). The molecule has 1 fully saturated rings. The van der Waals surface area contributed by atoms with E-state index in [0.29, 0.717) is 6.04 Å². The standard InChI is InChI=1S/C17H24N4S/c1-3-18-13(2)16-12-22-17(20-16)19-14-6-8-15(9-7-14)21-10-4-5-11-21/h6-9,12-13,18H,3-5,10-11H2,1-2H3,(H,19,20). The second-order valence-electron chi connectivity index (χ2n) is 5.72. The van der Waals surface area contributed by atoms with Crippen molar-refractivity contribution in [1.29, 1.82) is 0 Å². The number of aromatic nitrogens is 1. The third-order valence-electron chi connectivity index (χ3n) is 4.07. The van der Waals surface area contributed by atoms with Crippen LogP contribution in [0.3, 0.4) is 0 Å². The number of thiazole rings is 1. The smallest absolute Gasteiger partial charge is 0.187 e. The van der Waals surface area contributed by atoms with E-state index in [2.05, 4.69) is 64.0 Å². The van der Waals surface area contributed by atoms with Crippen molar-refractivity contribution in [1.82, 2.24) is 10.3 Å². The Bertz CT molecular complexity index is 587. The first-order valence-electron chi connectivity index (χ1n) is 8.07. The van der Waals surface area contributed by atoms with Crippen LogP contribution >= 0.6 is 11.3 Å². The number of hydrogen-bond donors (Lipinski definition) is 2. The lowest BCUT2D eigenvalue weighted by Gasteiger charge is -2.17. The van der Waals surface area contributed by atoms with Gasteiger partial charge in [-0.2, -0.15) is 0 Å². The molecular formula is C17H24N4S. The third-order valence-corrected chi connectivity index (χ3v) is 4.84. The highest BCUT2D eigenvalue weighted by atomic mass is 32.1. The maximum Gasteiger partial charge on any atom is 0.187 e. The second kappa shape index (κ2) is 7.11. The van der Waals surface area contributed by atoms with E-state index in [-0.39, 0.29) is 0 Å². The number of nitrogens with zero attached hydrogens (tertiary/aromatic N) is 2. The van der Waals surface area contributed by atoms with Crippen molar-refractivity contribution in [2.75, 3.05) is 29.9 Å². The minimum Gasteiger partial charge on any atom is -0.372 e. The summed E-state index contributed by atoms with van der Waals surface area (Å²) in [6, 6.07) is 8.98. The Kier molecular flexibility index (Phi) is 4.95. The number of rotatable bonds is 6. The average molecular weight is 316 g/mol. The van der Waals surface area contributed by atoms with Gasteiger partial charge in [-0.3, -0.25) is 0 Å². The second-order valence-corrected chi connectivity index (χ2v) is 6.58. The number of hydrogen-bond acceptors (Lipinski definition) is 5. The van der Waals surface area contributed by atoms with Crippen molar-refractivity contribution in [3.8, 4) is 0 Å². The summed E-state index contributed by atoms with van der Waals surface area (Å²) < 4.78 is 0. The summed E-state index contributed by atoms with van der Waals surface area (Å²) in [6.07, 6.45) is 2.62. The molecule has 5 heteroatoms. The van der Waals surface area contributed by atoms with Crippen LogP contribution in [-0.4, -0.2) is 24.6 Å². The Hall–Kier alpha value is -1.59. The monoisotopic (exact) mass is 316 g/mol. The van der Waals surface area contributed by atoms with Gasteiger partial charge in [0.05, 0.1) is 5.69 Å². The van der Waals surface area contributed by atoms with Crippen LogP contribution < -0.4 is 15.5 Å². The lowest BCUT2D eigenvalue weighted by atomic mass is 10.2. The van der Waals surface area contributed by atoms with E-state index < -0.39 is 0 Å². The van der Waals surface area contributed by atoms with Gasteiger partial charge in [0.25, 0.3) is 0 Å². The Balaban J connectivity index is 1.63. The van der Waals surface area contributed by atoms with Crippen LogP contribution in [0.4, 0.5) is 16.5 Å². The van der Waals surface area contributed by atoms with Gasteiger partial charge in [-0.25, -0.2) is 4.98 Å². The van der Waals surface area contributed by atoms with Gasteiger partial charge in [0.15, 0.2) is 5.13 Å². The van der Waals surface area contributed by atoms with E-state index in [1.807, 2.05) is 0 Å². The number of nitrogens with one attached hydrogen (secondary N) is 2. The molecule has 2 N–H and O–H groups in total. The lowest BCUT2D eigenvalue weighted by Crippen LogP contribution is -2.17. The SMILES string of the molecule is CCNC(C)c1csc(Nc2ccc(N3CCCC3)cc2)n1. The van der Waals surface area contributed by atoms with Crippen molar-refractivity contribution in [2.24, 2.45) is 0 Å². The van der Waals surface area contributed by atoms with E-state index in [4.69, 9.17) is 0 Å². The first kappa shape index (κ1) is 15.3. The zero-order valence-electron chi connectivity index (χ0n) is 13.3. The van der Waals surface area contributed by atoms with Crippen molar-refractivity contribution < 1.29 is 0 Å². The van der Waals surface area contributed by atoms with Gasteiger partial charge in [-0.1, -0.05) is 6.92 Å². The molecule has 0 amide bonds. The summed E-state index contributed by atoms with van der Waals surface area (Å²) in [5, 5.41) is 9.86. The summed E-state index contributed by atoms with van der Waals surface area (Å²) in [4.78, 5) is 7.11. The van der Waals surface area contributed by atoms with E-state index in [1.54, 1.807) is 11.3 Å². The van der Waals surface area contributed by atoms with Crippen LogP contribution in [-0.2, 0) is 0 Å². The van der Waals surface area contributed by atoms with Crippen molar-refractivity contribution in [3.63, 3.8) is 0 Å². The Labute approximate surface area is 136 Å². The molecule has 0 saturated carbocycles. The van der Waals surface area contributed by atoms with Crippen LogP contribution in [0.5, 0.6) is 0 Å². The molecule has 1 aromatic heterocycles. The molecule has 22 heavy (non-hydrogen) atoms. The normalized spacial score (nSPS) is 16.0. The molecule has 4 nitrogen and oxygen atoms in total. The molecular weight excluding hydrogens is 292 g/mol. The Morgan fingerprint density at radius 3 is 2.64 bits per heavy atom. The topological polar surface area (TPSA) is 40.2 Å². The maximum atomic E-state index is 4.66. The van der Waals surface area contributed by atoms with Gasteiger partial charge in [-0.05, 0) is 50.6 Å². The van der Waals surface area contributed by atoms with Gasteiger partial charge in [0.1, 0.15) is 0 Å².